The van der Waals surface area contributed by atoms with Crippen molar-refractivity contribution < 1.29 is 4.74 Å². The summed E-state index contributed by atoms with van der Waals surface area (Å²) in [4.78, 5) is 8.97. The number of aryl methyl sites for hydroxylation is 2. The molecule has 1 unspecified atom stereocenters. The molecular weight excluding hydrogens is 272 g/mol. The smallest absolute Gasteiger partial charge is 0.203 e. The Morgan fingerprint density at radius 3 is 3.00 bits per heavy atom. The topological polar surface area (TPSA) is 52.0 Å². The average molecular weight is 294 g/mol. The lowest BCUT2D eigenvalue weighted by atomic mass is 10.2. The molecule has 0 spiro atoms. The van der Waals surface area contributed by atoms with Crippen molar-refractivity contribution in [2.45, 2.75) is 39.3 Å². The van der Waals surface area contributed by atoms with Crippen molar-refractivity contribution in [1.82, 2.24) is 14.5 Å². The number of anilines is 1. The fourth-order valence-electron chi connectivity index (χ4n) is 2.11. The van der Waals surface area contributed by atoms with Crippen molar-refractivity contribution in [2.24, 2.45) is 0 Å². The van der Waals surface area contributed by atoms with Gasteiger partial charge in [0.25, 0.3) is 0 Å². The number of thiazole rings is 1. The summed E-state index contributed by atoms with van der Waals surface area (Å²) < 4.78 is 7.27. The molecule has 1 N–H and O–H groups in total. The first-order chi connectivity index (χ1) is 9.74. The molecule has 6 heteroatoms. The Balaban J connectivity index is 2.07. The van der Waals surface area contributed by atoms with Crippen molar-refractivity contribution in [3.8, 4) is 0 Å². The van der Waals surface area contributed by atoms with Crippen LogP contribution in [0.15, 0.2) is 17.8 Å². The van der Waals surface area contributed by atoms with E-state index in [0.29, 0.717) is 0 Å². The van der Waals surface area contributed by atoms with Gasteiger partial charge in [0.15, 0.2) is 0 Å². The highest BCUT2D eigenvalue weighted by molar-refractivity contribution is 7.09. The molecule has 0 radical (unpaired) electrons. The molecule has 20 heavy (non-hydrogen) atoms. The summed E-state index contributed by atoms with van der Waals surface area (Å²) in [6.45, 7) is 5.85. The first-order valence-electron chi connectivity index (χ1n) is 6.93. The van der Waals surface area contributed by atoms with Gasteiger partial charge in [0, 0.05) is 38.0 Å². The van der Waals surface area contributed by atoms with Crippen LogP contribution in [0.5, 0.6) is 0 Å². The van der Waals surface area contributed by atoms with Gasteiger partial charge in [-0.2, -0.15) is 0 Å². The Morgan fingerprint density at radius 2 is 2.35 bits per heavy atom. The number of hydrogen-bond acceptors (Lipinski definition) is 5. The van der Waals surface area contributed by atoms with Gasteiger partial charge in [-0.1, -0.05) is 6.92 Å². The number of rotatable bonds is 8. The predicted octanol–water partition coefficient (Wildman–Crippen LogP) is 3.25. The van der Waals surface area contributed by atoms with E-state index in [1.54, 1.807) is 18.4 Å². The van der Waals surface area contributed by atoms with Gasteiger partial charge in [-0.15, -0.1) is 11.3 Å². The summed E-state index contributed by atoms with van der Waals surface area (Å²) in [6, 6.07) is 0.220. The molecule has 110 valence electrons. The molecule has 1 atom stereocenters. The van der Waals surface area contributed by atoms with E-state index in [0.717, 1.165) is 42.6 Å². The molecule has 0 saturated heterocycles. The van der Waals surface area contributed by atoms with E-state index in [-0.39, 0.29) is 6.04 Å². The second-order valence-corrected chi connectivity index (χ2v) is 5.65. The second kappa shape index (κ2) is 7.40. The van der Waals surface area contributed by atoms with E-state index < -0.39 is 0 Å². The molecule has 0 bridgehead atoms. The van der Waals surface area contributed by atoms with E-state index in [4.69, 9.17) is 4.74 Å². The standard InChI is InChI=1S/C14H22N4OS/c1-4-12(13-15-6-9-20-13)17-14-16-11(2)10-18(14)7-5-8-19-3/h6,9-10,12H,4-5,7-8H2,1-3H3,(H,16,17). The number of nitrogens with zero attached hydrogens (tertiary/aromatic N) is 3. The third-order valence-electron chi connectivity index (χ3n) is 3.11. The molecule has 5 nitrogen and oxygen atoms in total. The van der Waals surface area contributed by atoms with Crippen molar-refractivity contribution in [1.29, 1.82) is 0 Å². The van der Waals surface area contributed by atoms with E-state index >= 15 is 0 Å². The Labute approximate surface area is 124 Å². The van der Waals surface area contributed by atoms with E-state index in [2.05, 4.69) is 33.0 Å². The van der Waals surface area contributed by atoms with Crippen LogP contribution >= 0.6 is 11.3 Å². The van der Waals surface area contributed by atoms with E-state index in [1.165, 1.54) is 0 Å². The molecule has 2 aromatic heterocycles. The number of imidazole rings is 1. The van der Waals surface area contributed by atoms with Gasteiger partial charge in [0.05, 0.1) is 11.7 Å². The maximum Gasteiger partial charge on any atom is 0.203 e. The van der Waals surface area contributed by atoms with Crippen molar-refractivity contribution in [3.63, 3.8) is 0 Å². The highest BCUT2D eigenvalue weighted by atomic mass is 32.1. The molecule has 2 aromatic rings. The fourth-order valence-corrected chi connectivity index (χ4v) is 2.89. The number of ether oxygens (including phenoxy) is 1. The molecule has 0 aliphatic rings. The molecular formula is C14H22N4OS. The summed E-state index contributed by atoms with van der Waals surface area (Å²) >= 11 is 1.68. The molecule has 0 aliphatic heterocycles. The van der Waals surface area contributed by atoms with Gasteiger partial charge in [-0.25, -0.2) is 9.97 Å². The van der Waals surface area contributed by atoms with Crippen LogP contribution in [0.4, 0.5) is 5.95 Å². The van der Waals surface area contributed by atoms with Crippen molar-refractivity contribution in [2.75, 3.05) is 19.0 Å². The van der Waals surface area contributed by atoms with Gasteiger partial charge in [-0.05, 0) is 19.8 Å². The lowest BCUT2D eigenvalue weighted by Gasteiger charge is -2.16. The van der Waals surface area contributed by atoms with Crippen LogP contribution in [0.1, 0.15) is 36.5 Å². The summed E-state index contributed by atoms with van der Waals surface area (Å²) in [7, 11) is 1.73. The molecule has 0 aliphatic carbocycles. The number of nitrogens with one attached hydrogen (secondary N) is 1. The molecule has 0 amide bonds. The molecule has 0 aromatic carbocycles. The Hall–Kier alpha value is -1.40. The largest absolute Gasteiger partial charge is 0.385 e. The van der Waals surface area contributed by atoms with Gasteiger partial charge < -0.3 is 14.6 Å². The summed E-state index contributed by atoms with van der Waals surface area (Å²) in [5, 5.41) is 6.62. The highest BCUT2D eigenvalue weighted by Crippen LogP contribution is 2.24. The fraction of sp³-hybridized carbons (Fsp3) is 0.571. The second-order valence-electron chi connectivity index (χ2n) is 4.72. The van der Waals surface area contributed by atoms with Gasteiger partial charge in [0.2, 0.25) is 5.95 Å². The van der Waals surface area contributed by atoms with Crippen molar-refractivity contribution >= 4 is 17.3 Å². The SMILES string of the molecule is CCC(Nc1nc(C)cn1CCCOC)c1nccs1. The zero-order valence-corrected chi connectivity index (χ0v) is 13.1. The molecule has 2 rings (SSSR count). The summed E-state index contributed by atoms with van der Waals surface area (Å²) in [6.07, 6.45) is 5.89. The first kappa shape index (κ1) is 15.0. The highest BCUT2D eigenvalue weighted by Gasteiger charge is 2.15. The maximum atomic E-state index is 5.11. The van der Waals surface area contributed by atoms with Gasteiger partial charge in [0.1, 0.15) is 5.01 Å². The third kappa shape index (κ3) is 3.80. The number of aromatic nitrogens is 3. The first-order valence-corrected chi connectivity index (χ1v) is 7.81. The normalized spacial score (nSPS) is 12.6. The van der Waals surface area contributed by atoms with Gasteiger partial charge >= 0.3 is 0 Å². The lowest BCUT2D eigenvalue weighted by molar-refractivity contribution is 0.190. The van der Waals surface area contributed by atoms with Gasteiger partial charge in [-0.3, -0.25) is 0 Å². The number of hydrogen-bond donors (Lipinski definition) is 1. The van der Waals surface area contributed by atoms with Crippen LogP contribution in [0.2, 0.25) is 0 Å². The number of methoxy groups -OCH3 is 1. The monoisotopic (exact) mass is 294 g/mol. The Bertz CT molecular complexity index is 509. The maximum absolute atomic E-state index is 5.11. The zero-order valence-electron chi connectivity index (χ0n) is 12.3. The van der Waals surface area contributed by atoms with Crippen molar-refractivity contribution in [3.05, 3.63) is 28.5 Å². The van der Waals surface area contributed by atoms with E-state index in [1.807, 2.05) is 18.5 Å². The Kier molecular flexibility index (Phi) is 5.55. The minimum Gasteiger partial charge on any atom is -0.385 e. The predicted molar refractivity (Wildman–Crippen MR) is 82.2 cm³/mol. The van der Waals surface area contributed by atoms with Crippen LogP contribution in [0.25, 0.3) is 0 Å². The van der Waals surface area contributed by atoms with Crippen LogP contribution in [-0.2, 0) is 11.3 Å². The summed E-state index contributed by atoms with van der Waals surface area (Å²) in [5.74, 6) is 0.917. The molecule has 0 fully saturated rings. The minimum atomic E-state index is 0.220. The summed E-state index contributed by atoms with van der Waals surface area (Å²) in [5.41, 5.74) is 1.03. The van der Waals surface area contributed by atoms with Crippen LogP contribution in [-0.4, -0.2) is 28.3 Å². The minimum absolute atomic E-state index is 0.220. The van der Waals surface area contributed by atoms with E-state index in [9.17, 15) is 0 Å². The quantitative estimate of drug-likeness (QED) is 0.759. The average Bonchev–Trinajstić information content (AvgIpc) is 3.06. The van der Waals surface area contributed by atoms with Crippen LogP contribution < -0.4 is 5.32 Å². The van der Waals surface area contributed by atoms with Crippen LogP contribution in [0.3, 0.4) is 0 Å². The molecule has 0 saturated carbocycles. The lowest BCUT2D eigenvalue weighted by Crippen LogP contribution is -2.14. The van der Waals surface area contributed by atoms with Crippen LogP contribution in [0, 0.1) is 6.92 Å². The third-order valence-corrected chi connectivity index (χ3v) is 3.99. The zero-order chi connectivity index (χ0) is 14.4. The Morgan fingerprint density at radius 1 is 1.50 bits per heavy atom. The molecule has 2 heterocycles.